The number of likely N-dealkylation sites (N-methyl/N-ethyl adjacent to an activating group) is 1. The highest BCUT2D eigenvalue weighted by Crippen LogP contribution is 2.60. The van der Waals surface area contributed by atoms with Crippen LogP contribution in [0.15, 0.2) is 36.4 Å². The normalized spacial score (nSPS) is 30.4. The van der Waals surface area contributed by atoms with Gasteiger partial charge in [0.1, 0.15) is 11.2 Å². The predicted molar refractivity (Wildman–Crippen MR) is 156 cm³/mol. The first kappa shape index (κ1) is 29.3. The molecule has 1 saturated carbocycles. The van der Waals surface area contributed by atoms with Gasteiger partial charge < -0.3 is 15.7 Å². The van der Waals surface area contributed by atoms with Crippen molar-refractivity contribution in [2.75, 3.05) is 18.9 Å². The molecule has 9 heteroatoms. The van der Waals surface area contributed by atoms with E-state index in [0.717, 1.165) is 25.7 Å². The monoisotopic (exact) mass is 589 g/mol. The summed E-state index contributed by atoms with van der Waals surface area (Å²) in [7, 11) is 1.86. The molecule has 1 spiro atoms. The fraction of sp³-hybridized carbons (Fsp3) is 0.548. The summed E-state index contributed by atoms with van der Waals surface area (Å²) < 4.78 is 15.9. The second kappa shape index (κ2) is 10.9. The number of carbonyl (C=O) groups is 2. The number of benzene rings is 2. The van der Waals surface area contributed by atoms with E-state index in [9.17, 15) is 14.7 Å². The molecular formula is C31H38Cl2FN3O3. The van der Waals surface area contributed by atoms with Crippen LogP contribution < -0.4 is 10.6 Å². The minimum absolute atomic E-state index is 0.0516. The van der Waals surface area contributed by atoms with E-state index in [1.807, 2.05) is 18.0 Å². The van der Waals surface area contributed by atoms with Gasteiger partial charge in [0.15, 0.2) is 0 Å². The standard InChI is InChI=1S/C31H38Cl2FN3O3/c1-30(2,3)15-24-31(21-13-10-18(32)14-23(21)36-29(31)40)25(20-6-5-7-22(33)26(20)34)27(37(24)4)28(39)35-16-17-8-11-19(38)12-9-17/h5-7,10,13-14,17,19,24-25,27,38H,8-9,11-12,15-16H2,1-4H3,(H,35,39)(H,36,40)/t17?,19?,24-,25-,27+,31+/m0/s1. The lowest BCUT2D eigenvalue weighted by Gasteiger charge is -2.39. The smallest absolute Gasteiger partial charge is 0.238 e. The molecule has 0 aromatic heterocycles. The predicted octanol–water partition coefficient (Wildman–Crippen LogP) is 5.89. The number of hydrogen-bond acceptors (Lipinski definition) is 4. The molecule has 0 radical (unpaired) electrons. The summed E-state index contributed by atoms with van der Waals surface area (Å²) in [5.74, 6) is -1.72. The van der Waals surface area contributed by atoms with Crippen molar-refractivity contribution in [3.63, 3.8) is 0 Å². The van der Waals surface area contributed by atoms with Gasteiger partial charge in [-0.3, -0.25) is 14.5 Å². The van der Waals surface area contributed by atoms with Crippen LogP contribution in [-0.4, -0.2) is 53.6 Å². The van der Waals surface area contributed by atoms with E-state index < -0.39 is 29.2 Å². The largest absolute Gasteiger partial charge is 0.393 e. The molecule has 40 heavy (non-hydrogen) atoms. The number of hydrogen-bond donors (Lipinski definition) is 3. The summed E-state index contributed by atoms with van der Waals surface area (Å²) in [6.45, 7) is 6.77. The third-order valence-electron chi connectivity index (χ3n) is 9.09. The van der Waals surface area contributed by atoms with Crippen LogP contribution in [0.5, 0.6) is 0 Å². The van der Waals surface area contributed by atoms with E-state index in [2.05, 4.69) is 31.4 Å². The summed E-state index contributed by atoms with van der Waals surface area (Å²) >= 11 is 12.6. The van der Waals surface area contributed by atoms with Crippen LogP contribution in [0.25, 0.3) is 0 Å². The van der Waals surface area contributed by atoms with E-state index in [0.29, 0.717) is 29.2 Å². The molecule has 3 aliphatic rings. The maximum absolute atomic E-state index is 15.9. The first-order valence-corrected chi connectivity index (χ1v) is 14.8. The molecule has 2 heterocycles. The van der Waals surface area contributed by atoms with Crippen LogP contribution in [0, 0.1) is 17.2 Å². The number of aliphatic hydroxyl groups is 1. The quantitative estimate of drug-likeness (QED) is 0.406. The van der Waals surface area contributed by atoms with Gasteiger partial charge in [-0.15, -0.1) is 0 Å². The summed E-state index contributed by atoms with van der Waals surface area (Å²) in [6.07, 6.45) is 3.41. The number of nitrogens with one attached hydrogen (secondary N) is 2. The van der Waals surface area contributed by atoms with E-state index in [4.69, 9.17) is 23.2 Å². The molecule has 0 bridgehead atoms. The van der Waals surface area contributed by atoms with Gasteiger partial charge in [-0.25, -0.2) is 4.39 Å². The molecule has 3 N–H and O–H groups in total. The fourth-order valence-electron chi connectivity index (χ4n) is 7.27. The van der Waals surface area contributed by atoms with Crippen molar-refractivity contribution in [2.24, 2.45) is 11.3 Å². The molecule has 1 saturated heterocycles. The molecule has 2 aromatic carbocycles. The number of likely N-dealkylation sites (tertiary alicyclic amines) is 1. The average Bonchev–Trinajstić information content (AvgIpc) is 3.30. The zero-order valence-electron chi connectivity index (χ0n) is 23.4. The van der Waals surface area contributed by atoms with Gasteiger partial charge in [0.05, 0.1) is 17.2 Å². The molecular weight excluding hydrogens is 552 g/mol. The van der Waals surface area contributed by atoms with Crippen molar-refractivity contribution < 1.29 is 19.1 Å². The lowest BCUT2D eigenvalue weighted by molar-refractivity contribution is -0.126. The van der Waals surface area contributed by atoms with Gasteiger partial charge in [-0.1, -0.05) is 62.2 Å². The van der Waals surface area contributed by atoms with Crippen molar-refractivity contribution in [1.29, 1.82) is 0 Å². The number of amides is 2. The zero-order valence-corrected chi connectivity index (χ0v) is 25.0. The maximum Gasteiger partial charge on any atom is 0.238 e. The highest BCUT2D eigenvalue weighted by Gasteiger charge is 2.68. The number of fused-ring (bicyclic) bond motifs is 2. The molecule has 2 aliphatic heterocycles. The Morgan fingerprint density at radius 1 is 1.18 bits per heavy atom. The third-order valence-corrected chi connectivity index (χ3v) is 9.61. The number of nitrogens with zero attached hydrogens (tertiary/aromatic N) is 1. The van der Waals surface area contributed by atoms with Crippen LogP contribution >= 0.6 is 23.2 Å². The Balaban J connectivity index is 1.65. The zero-order chi connectivity index (χ0) is 29.0. The van der Waals surface area contributed by atoms with Gasteiger partial charge in [-0.2, -0.15) is 0 Å². The molecule has 216 valence electrons. The molecule has 2 aromatic rings. The molecule has 4 atom stereocenters. The Morgan fingerprint density at radius 3 is 2.55 bits per heavy atom. The lowest BCUT2D eigenvalue weighted by Crippen LogP contribution is -2.50. The SMILES string of the molecule is CN1[C@@H](CC(C)(C)C)[C@@]2(C(=O)Nc3cc(Cl)ccc32)[C@@H](c2cccc(Cl)c2F)[C@@H]1C(=O)NCC1CCC(O)CC1. The molecule has 2 fully saturated rings. The van der Waals surface area contributed by atoms with Crippen molar-refractivity contribution in [3.05, 3.63) is 63.4 Å². The van der Waals surface area contributed by atoms with Crippen molar-refractivity contribution in [3.8, 4) is 0 Å². The second-order valence-corrected chi connectivity index (χ2v) is 13.8. The van der Waals surface area contributed by atoms with E-state index in [-0.39, 0.29) is 39.8 Å². The number of carbonyl (C=O) groups excluding carboxylic acids is 2. The first-order valence-electron chi connectivity index (χ1n) is 14.1. The third kappa shape index (κ3) is 5.04. The minimum atomic E-state index is -1.26. The topological polar surface area (TPSA) is 81.7 Å². The van der Waals surface area contributed by atoms with Crippen LogP contribution in [0.1, 0.15) is 69.9 Å². The fourth-order valence-corrected chi connectivity index (χ4v) is 7.62. The van der Waals surface area contributed by atoms with Crippen molar-refractivity contribution in [1.82, 2.24) is 10.2 Å². The van der Waals surface area contributed by atoms with E-state index >= 15 is 4.39 Å². The number of halogens is 3. The molecule has 0 unspecified atom stereocenters. The van der Waals surface area contributed by atoms with E-state index in [1.54, 1.807) is 24.3 Å². The number of rotatable bonds is 5. The highest BCUT2D eigenvalue weighted by molar-refractivity contribution is 6.31. The Bertz CT molecular complexity index is 1310. The number of anilines is 1. The summed E-state index contributed by atoms with van der Waals surface area (Å²) in [5.41, 5.74) is 0.0787. The first-order chi connectivity index (χ1) is 18.8. The average molecular weight is 591 g/mol. The number of aliphatic hydroxyl groups excluding tert-OH is 1. The van der Waals surface area contributed by atoms with Crippen LogP contribution in [-0.2, 0) is 15.0 Å². The molecule has 1 aliphatic carbocycles. The molecule has 6 nitrogen and oxygen atoms in total. The van der Waals surface area contributed by atoms with Gasteiger partial charge in [0.2, 0.25) is 11.8 Å². The Labute approximate surface area is 245 Å². The molecule has 2 amide bonds. The minimum Gasteiger partial charge on any atom is -0.393 e. The van der Waals surface area contributed by atoms with Gasteiger partial charge in [0.25, 0.3) is 0 Å². The second-order valence-electron chi connectivity index (χ2n) is 12.9. The van der Waals surface area contributed by atoms with E-state index in [1.165, 1.54) is 6.07 Å². The van der Waals surface area contributed by atoms with Gasteiger partial charge >= 0.3 is 0 Å². The van der Waals surface area contributed by atoms with Gasteiger partial charge in [-0.05, 0) is 79.8 Å². The van der Waals surface area contributed by atoms with Gasteiger partial charge in [0, 0.05) is 29.2 Å². The molecule has 5 rings (SSSR count). The van der Waals surface area contributed by atoms with Crippen LogP contribution in [0.2, 0.25) is 10.0 Å². The Morgan fingerprint density at radius 2 is 1.88 bits per heavy atom. The summed E-state index contributed by atoms with van der Waals surface area (Å²) in [5, 5.41) is 16.5. The van der Waals surface area contributed by atoms with Crippen molar-refractivity contribution in [2.45, 2.75) is 82.4 Å². The van der Waals surface area contributed by atoms with Crippen molar-refractivity contribution >= 4 is 40.7 Å². The van der Waals surface area contributed by atoms with Crippen LogP contribution in [0.3, 0.4) is 0 Å². The summed E-state index contributed by atoms with van der Waals surface area (Å²) in [4.78, 5) is 30.4. The summed E-state index contributed by atoms with van der Waals surface area (Å²) in [6, 6.07) is 8.84. The highest BCUT2D eigenvalue weighted by atomic mass is 35.5. The van der Waals surface area contributed by atoms with Crippen LogP contribution in [0.4, 0.5) is 10.1 Å². The Kier molecular flexibility index (Phi) is 7.99. The Hall–Kier alpha value is -2.19. The lowest BCUT2D eigenvalue weighted by atomic mass is 9.62. The maximum atomic E-state index is 15.9.